The minimum absolute atomic E-state index is 0.968. The molecule has 0 spiro atoms. The zero-order chi connectivity index (χ0) is 11.0. The molecule has 77 valence electrons. The summed E-state index contributed by atoms with van der Waals surface area (Å²) in [4.78, 5) is 0. The van der Waals surface area contributed by atoms with Gasteiger partial charge >= 0.3 is 103 Å². The van der Waals surface area contributed by atoms with Gasteiger partial charge in [-0.15, -0.1) is 0 Å². The van der Waals surface area contributed by atoms with Gasteiger partial charge in [-0.25, -0.2) is 0 Å². The van der Waals surface area contributed by atoms with Crippen molar-refractivity contribution in [3.05, 3.63) is 60.2 Å². The van der Waals surface area contributed by atoms with E-state index in [-0.39, 0.29) is 0 Å². The van der Waals surface area contributed by atoms with Gasteiger partial charge < -0.3 is 0 Å². The average molecular weight is 270 g/mol. The predicted octanol–water partition coefficient (Wildman–Crippen LogP) is 3.66. The zero-order valence-electron chi connectivity index (χ0n) is 8.81. The van der Waals surface area contributed by atoms with Gasteiger partial charge in [0.05, 0.1) is 0 Å². The Morgan fingerprint density at radius 2 is 1.44 bits per heavy atom. The van der Waals surface area contributed by atoms with Crippen LogP contribution in [0.1, 0.15) is 5.56 Å². The van der Waals surface area contributed by atoms with E-state index < -0.39 is 0 Å². The van der Waals surface area contributed by atoms with E-state index in [0.29, 0.717) is 0 Å². The Bertz CT molecular complexity index is 656. The van der Waals surface area contributed by atoms with Crippen LogP contribution in [-0.4, -0.2) is 16.0 Å². The maximum atomic E-state index is 3.10. The van der Waals surface area contributed by atoms with E-state index >= 15 is 0 Å². The van der Waals surface area contributed by atoms with Crippen LogP contribution in [0.15, 0.2) is 54.6 Å². The van der Waals surface area contributed by atoms with Crippen molar-refractivity contribution in [2.45, 2.75) is 5.32 Å². The van der Waals surface area contributed by atoms with Crippen molar-refractivity contribution in [1.82, 2.24) is 0 Å². The number of benzene rings is 3. The molecule has 0 bridgehead atoms. The Labute approximate surface area is 103 Å². The monoisotopic (exact) mass is 271 g/mol. The molecular weight excluding hydrogens is 259 g/mol. The third-order valence-electron chi connectivity index (χ3n) is 2.99. The molecule has 0 heterocycles. The maximum absolute atomic E-state index is 3.10. The molecule has 0 aliphatic rings. The van der Waals surface area contributed by atoms with E-state index in [1.165, 1.54) is 27.1 Å². The van der Waals surface area contributed by atoms with Crippen molar-refractivity contribution >= 4 is 37.6 Å². The molecule has 1 heteroatoms. The fourth-order valence-corrected chi connectivity index (χ4v) is 2.69. The summed E-state index contributed by atoms with van der Waals surface area (Å²) in [6.45, 7) is 0. The van der Waals surface area contributed by atoms with Crippen molar-refractivity contribution in [1.29, 1.82) is 0 Å². The van der Waals surface area contributed by atoms with E-state index in [1.807, 2.05) is 0 Å². The molecule has 16 heavy (non-hydrogen) atoms. The van der Waals surface area contributed by atoms with Gasteiger partial charge in [-0.1, -0.05) is 0 Å². The van der Waals surface area contributed by atoms with Gasteiger partial charge in [0.15, 0.2) is 0 Å². The molecule has 0 amide bonds. The Kier molecular flexibility index (Phi) is 2.43. The van der Waals surface area contributed by atoms with E-state index in [1.54, 1.807) is 0 Å². The van der Waals surface area contributed by atoms with Crippen molar-refractivity contribution in [2.75, 3.05) is 0 Å². The summed E-state index contributed by atoms with van der Waals surface area (Å²) in [5.41, 5.74) is 1.38. The molecule has 1 radical (unpaired) electrons. The number of fused-ring (bicyclic) bond motifs is 2. The summed E-state index contributed by atoms with van der Waals surface area (Å²) in [6.07, 6.45) is 0. The van der Waals surface area contributed by atoms with Gasteiger partial charge in [-0.2, -0.15) is 0 Å². The molecule has 0 aliphatic carbocycles. The third kappa shape index (κ3) is 1.53. The molecule has 0 saturated heterocycles. The summed E-state index contributed by atoms with van der Waals surface area (Å²) in [6, 6.07) is 19.6. The first-order chi connectivity index (χ1) is 7.88. The quantitative estimate of drug-likeness (QED) is 0.467. The molecule has 0 nitrogen and oxygen atoms in total. The van der Waals surface area contributed by atoms with Crippen LogP contribution in [0.5, 0.6) is 0 Å². The predicted molar refractivity (Wildman–Crippen MR) is 70.9 cm³/mol. The molecule has 3 aromatic carbocycles. The van der Waals surface area contributed by atoms with Crippen molar-refractivity contribution in [2.24, 2.45) is 0 Å². The zero-order valence-corrected chi connectivity index (χ0v) is 10.5. The van der Waals surface area contributed by atoms with Gasteiger partial charge in [0, 0.05) is 0 Å². The summed E-state index contributed by atoms with van der Waals surface area (Å²) in [5, 5.41) is 6.28. The van der Waals surface area contributed by atoms with Crippen molar-refractivity contribution in [3.8, 4) is 0 Å². The van der Waals surface area contributed by atoms with Crippen LogP contribution in [0.3, 0.4) is 0 Å². The first kappa shape index (κ1) is 9.89. The Hall–Kier alpha value is -1.30. The SMILES string of the molecule is [Se]Cc1cccc2cc3ccccc3cc12. The molecule has 0 fully saturated rings. The summed E-state index contributed by atoms with van der Waals surface area (Å²) >= 11 is 3.10. The van der Waals surface area contributed by atoms with E-state index in [2.05, 4.69) is 70.6 Å². The Morgan fingerprint density at radius 1 is 0.750 bits per heavy atom. The molecule has 3 rings (SSSR count). The second-order valence-corrected chi connectivity index (χ2v) is 4.59. The minimum atomic E-state index is 0.968. The summed E-state index contributed by atoms with van der Waals surface area (Å²) in [7, 11) is 0. The van der Waals surface area contributed by atoms with Crippen LogP contribution < -0.4 is 0 Å². The van der Waals surface area contributed by atoms with Crippen molar-refractivity contribution < 1.29 is 0 Å². The second-order valence-electron chi connectivity index (χ2n) is 3.98. The van der Waals surface area contributed by atoms with Gasteiger partial charge in [-0.3, -0.25) is 0 Å². The van der Waals surface area contributed by atoms with Crippen LogP contribution in [0.25, 0.3) is 21.5 Å². The molecule has 0 saturated carbocycles. The molecule has 0 aromatic heterocycles. The number of rotatable bonds is 1. The normalized spacial score (nSPS) is 11.1. The molecule has 0 aliphatic heterocycles. The third-order valence-corrected chi connectivity index (χ3v) is 3.65. The molecule has 0 atom stereocenters. The summed E-state index contributed by atoms with van der Waals surface area (Å²) in [5.74, 6) is 0. The topological polar surface area (TPSA) is 0 Å². The Morgan fingerprint density at radius 3 is 2.19 bits per heavy atom. The van der Waals surface area contributed by atoms with Crippen LogP contribution in [0.4, 0.5) is 0 Å². The fraction of sp³-hybridized carbons (Fsp3) is 0.0667. The number of hydrogen-bond acceptors (Lipinski definition) is 0. The van der Waals surface area contributed by atoms with Gasteiger partial charge in [-0.05, 0) is 0 Å². The van der Waals surface area contributed by atoms with Crippen LogP contribution in [-0.2, 0) is 5.32 Å². The van der Waals surface area contributed by atoms with E-state index in [0.717, 1.165) is 5.32 Å². The molecular formula is C15H11Se. The van der Waals surface area contributed by atoms with Crippen LogP contribution in [0, 0.1) is 0 Å². The first-order valence-corrected chi connectivity index (χ1v) is 6.58. The van der Waals surface area contributed by atoms with Gasteiger partial charge in [0.1, 0.15) is 0 Å². The van der Waals surface area contributed by atoms with E-state index in [4.69, 9.17) is 0 Å². The van der Waals surface area contributed by atoms with Gasteiger partial charge in [0.25, 0.3) is 0 Å². The Balaban J connectivity index is 2.46. The van der Waals surface area contributed by atoms with E-state index in [9.17, 15) is 0 Å². The summed E-state index contributed by atoms with van der Waals surface area (Å²) < 4.78 is 0. The standard InChI is InChI=1S/C15H11Se/c16-10-14-7-3-6-13-8-11-4-1-2-5-12(11)9-15(13)14/h1-9H,10H2. The number of hydrogen-bond donors (Lipinski definition) is 0. The van der Waals surface area contributed by atoms with Gasteiger partial charge in [0.2, 0.25) is 0 Å². The van der Waals surface area contributed by atoms with Crippen LogP contribution >= 0.6 is 0 Å². The molecule has 0 unspecified atom stereocenters. The fourth-order valence-electron chi connectivity index (χ4n) is 2.16. The van der Waals surface area contributed by atoms with Crippen LogP contribution in [0.2, 0.25) is 0 Å². The first-order valence-electron chi connectivity index (χ1n) is 5.37. The molecule has 0 N–H and O–H groups in total. The average Bonchev–Trinajstić information content (AvgIpc) is 2.35. The van der Waals surface area contributed by atoms with Crippen molar-refractivity contribution in [3.63, 3.8) is 0 Å². The molecule has 3 aromatic rings. The second kappa shape index (κ2) is 3.93.